The summed E-state index contributed by atoms with van der Waals surface area (Å²) in [4.78, 5) is 21.0. The Bertz CT molecular complexity index is 3430. The van der Waals surface area contributed by atoms with Gasteiger partial charge in [-0.1, -0.05) is 170 Å². The van der Waals surface area contributed by atoms with Gasteiger partial charge < -0.3 is 0 Å². The Balaban J connectivity index is 1.11. The minimum atomic E-state index is 0.550. The number of benzene rings is 8. The molecule has 6 nitrogen and oxygen atoms in total. The fourth-order valence-corrected chi connectivity index (χ4v) is 8.60. The Morgan fingerprint density at radius 3 is 1.36 bits per heavy atom. The summed E-state index contributed by atoms with van der Waals surface area (Å²) in [5.74, 6) is 1.76. The van der Waals surface area contributed by atoms with Gasteiger partial charge in [0.15, 0.2) is 11.6 Å². The molecule has 58 heavy (non-hydrogen) atoms. The standard InChI is InChI=1S/C52H32N6/c1-3-13-33(14-4-1)35-23-27-37(28-24-35)49-54-50(38-29-25-36(26-30-38)34-15-5-2-6-16-34)56-52(55-49)58-46-22-12-10-19-41(46)43-31-44-48(32-47(43)58)57-45-21-11-9-18-40(45)39-17-7-8-20-42(39)51(57)53-44/h1-32H. The van der Waals surface area contributed by atoms with Crippen molar-refractivity contribution >= 4 is 60.2 Å². The number of aromatic nitrogens is 6. The van der Waals surface area contributed by atoms with Crippen LogP contribution in [0.5, 0.6) is 0 Å². The Kier molecular flexibility index (Phi) is 7.13. The van der Waals surface area contributed by atoms with E-state index in [0.717, 1.165) is 82.8 Å². The van der Waals surface area contributed by atoms with Gasteiger partial charge in [-0.3, -0.25) is 8.97 Å². The minimum absolute atomic E-state index is 0.550. The molecule has 0 bridgehead atoms. The predicted molar refractivity (Wildman–Crippen MR) is 237 cm³/mol. The molecule has 0 saturated heterocycles. The molecule has 270 valence electrons. The Morgan fingerprint density at radius 2 is 0.759 bits per heavy atom. The Hall–Kier alpha value is -7.96. The zero-order valence-corrected chi connectivity index (χ0v) is 31.2. The number of para-hydroxylation sites is 2. The minimum Gasteiger partial charge on any atom is -0.292 e. The Morgan fingerprint density at radius 1 is 0.293 bits per heavy atom. The van der Waals surface area contributed by atoms with Gasteiger partial charge in [0.2, 0.25) is 5.95 Å². The summed E-state index contributed by atoms with van der Waals surface area (Å²) in [5, 5.41) is 5.70. The average Bonchev–Trinajstić information content (AvgIpc) is 3.84. The molecule has 0 fully saturated rings. The van der Waals surface area contributed by atoms with Crippen molar-refractivity contribution in [3.63, 3.8) is 0 Å². The number of hydrogen-bond acceptors (Lipinski definition) is 4. The highest BCUT2D eigenvalue weighted by Crippen LogP contribution is 2.38. The highest BCUT2D eigenvalue weighted by molar-refractivity contribution is 6.17. The molecule has 12 rings (SSSR count). The number of imidazole rings is 1. The average molecular weight is 741 g/mol. The number of fused-ring (bicyclic) bond motifs is 11. The van der Waals surface area contributed by atoms with Crippen LogP contribution in [-0.2, 0) is 0 Å². The maximum absolute atomic E-state index is 5.31. The lowest BCUT2D eigenvalue weighted by Gasteiger charge is -2.12. The van der Waals surface area contributed by atoms with Crippen molar-refractivity contribution in [2.45, 2.75) is 0 Å². The van der Waals surface area contributed by atoms with Crippen molar-refractivity contribution in [3.05, 3.63) is 194 Å². The third-order valence-electron chi connectivity index (χ3n) is 11.4. The van der Waals surface area contributed by atoms with Crippen LogP contribution >= 0.6 is 0 Å². The van der Waals surface area contributed by atoms with E-state index in [4.69, 9.17) is 19.9 Å². The van der Waals surface area contributed by atoms with Gasteiger partial charge in [-0.25, -0.2) is 9.97 Å². The van der Waals surface area contributed by atoms with Crippen LogP contribution in [0.2, 0.25) is 0 Å². The quantitative estimate of drug-likeness (QED) is 0.165. The summed E-state index contributed by atoms with van der Waals surface area (Å²) in [6, 6.07) is 67.9. The van der Waals surface area contributed by atoms with E-state index in [-0.39, 0.29) is 0 Å². The molecule has 0 spiro atoms. The molecule has 4 heterocycles. The largest absolute Gasteiger partial charge is 0.292 e. The molecule has 8 aromatic carbocycles. The van der Waals surface area contributed by atoms with Gasteiger partial charge in [0.05, 0.1) is 27.6 Å². The second kappa shape index (κ2) is 12.8. The number of pyridine rings is 1. The molecule has 0 amide bonds. The van der Waals surface area contributed by atoms with Crippen molar-refractivity contribution in [1.29, 1.82) is 0 Å². The third kappa shape index (κ3) is 5.05. The van der Waals surface area contributed by atoms with Crippen LogP contribution in [0, 0.1) is 0 Å². The molecular formula is C52H32N6. The van der Waals surface area contributed by atoms with Gasteiger partial charge in [0, 0.05) is 32.7 Å². The maximum atomic E-state index is 5.31. The lowest BCUT2D eigenvalue weighted by atomic mass is 10.0. The first kappa shape index (κ1) is 32.3. The molecule has 12 aromatic rings. The van der Waals surface area contributed by atoms with Crippen molar-refractivity contribution < 1.29 is 0 Å². The monoisotopic (exact) mass is 740 g/mol. The van der Waals surface area contributed by atoms with Gasteiger partial charge in [0.25, 0.3) is 0 Å². The molecule has 0 aliphatic carbocycles. The van der Waals surface area contributed by atoms with Crippen LogP contribution < -0.4 is 0 Å². The molecule has 0 N–H and O–H groups in total. The lowest BCUT2D eigenvalue weighted by molar-refractivity contribution is 0.954. The van der Waals surface area contributed by atoms with E-state index in [1.54, 1.807) is 0 Å². The molecule has 0 aliphatic rings. The zero-order chi connectivity index (χ0) is 38.2. The second-order valence-electron chi connectivity index (χ2n) is 14.7. The van der Waals surface area contributed by atoms with E-state index < -0.39 is 0 Å². The fraction of sp³-hybridized carbons (Fsp3) is 0. The zero-order valence-electron chi connectivity index (χ0n) is 31.2. The van der Waals surface area contributed by atoms with Crippen LogP contribution in [0.1, 0.15) is 0 Å². The molecule has 0 radical (unpaired) electrons. The Labute approximate surface area is 333 Å². The predicted octanol–water partition coefficient (Wildman–Crippen LogP) is 12.7. The van der Waals surface area contributed by atoms with Gasteiger partial charge >= 0.3 is 0 Å². The first-order valence-electron chi connectivity index (χ1n) is 19.5. The number of hydrogen-bond donors (Lipinski definition) is 0. The lowest BCUT2D eigenvalue weighted by Crippen LogP contribution is -2.06. The van der Waals surface area contributed by atoms with Crippen LogP contribution in [0.3, 0.4) is 0 Å². The van der Waals surface area contributed by atoms with Crippen LogP contribution in [0.25, 0.3) is 111 Å². The van der Waals surface area contributed by atoms with Gasteiger partial charge in [-0.2, -0.15) is 9.97 Å². The molecule has 0 saturated carbocycles. The van der Waals surface area contributed by atoms with E-state index in [1.165, 1.54) is 10.8 Å². The first-order chi connectivity index (χ1) is 28.7. The summed E-state index contributed by atoms with van der Waals surface area (Å²) in [6.45, 7) is 0. The SMILES string of the molecule is c1ccc(-c2ccc(-c3nc(-c4ccc(-c5ccccc5)cc4)nc(-n4c5ccccc5c5cc6nc7c8ccccc8c8ccccc8n7c6cc54)n3)cc2)cc1. The number of nitrogens with zero attached hydrogens (tertiary/aromatic N) is 6. The summed E-state index contributed by atoms with van der Waals surface area (Å²) in [5.41, 5.74) is 12.4. The molecule has 0 atom stereocenters. The van der Waals surface area contributed by atoms with Crippen molar-refractivity contribution in [2.75, 3.05) is 0 Å². The topological polar surface area (TPSA) is 60.9 Å². The molecule has 6 heteroatoms. The summed E-state index contributed by atoms with van der Waals surface area (Å²) >= 11 is 0. The van der Waals surface area contributed by atoms with Crippen molar-refractivity contribution in [3.8, 4) is 51.0 Å². The van der Waals surface area contributed by atoms with Gasteiger partial charge in [-0.05, 0) is 51.9 Å². The van der Waals surface area contributed by atoms with E-state index in [0.29, 0.717) is 17.6 Å². The van der Waals surface area contributed by atoms with Crippen LogP contribution in [0.15, 0.2) is 194 Å². The van der Waals surface area contributed by atoms with Crippen molar-refractivity contribution in [1.82, 2.24) is 28.9 Å². The highest BCUT2D eigenvalue weighted by atomic mass is 15.2. The molecule has 0 unspecified atom stereocenters. The highest BCUT2D eigenvalue weighted by Gasteiger charge is 2.21. The second-order valence-corrected chi connectivity index (χ2v) is 14.7. The summed E-state index contributed by atoms with van der Waals surface area (Å²) < 4.78 is 4.50. The van der Waals surface area contributed by atoms with E-state index in [1.807, 2.05) is 12.1 Å². The van der Waals surface area contributed by atoms with Gasteiger partial charge in [-0.15, -0.1) is 0 Å². The van der Waals surface area contributed by atoms with Gasteiger partial charge in [0.1, 0.15) is 5.65 Å². The third-order valence-corrected chi connectivity index (χ3v) is 11.4. The smallest absolute Gasteiger partial charge is 0.238 e. The van der Waals surface area contributed by atoms with Crippen LogP contribution in [0.4, 0.5) is 0 Å². The molecular weight excluding hydrogens is 709 g/mol. The van der Waals surface area contributed by atoms with E-state index in [2.05, 4.69) is 191 Å². The fourth-order valence-electron chi connectivity index (χ4n) is 8.60. The van der Waals surface area contributed by atoms with E-state index in [9.17, 15) is 0 Å². The van der Waals surface area contributed by atoms with E-state index >= 15 is 0 Å². The summed E-state index contributed by atoms with van der Waals surface area (Å²) in [6.07, 6.45) is 0. The normalized spacial score (nSPS) is 11.8. The van der Waals surface area contributed by atoms with Crippen molar-refractivity contribution in [2.24, 2.45) is 0 Å². The summed E-state index contributed by atoms with van der Waals surface area (Å²) in [7, 11) is 0. The maximum Gasteiger partial charge on any atom is 0.238 e. The van der Waals surface area contributed by atoms with Crippen LogP contribution in [-0.4, -0.2) is 28.9 Å². The first-order valence-corrected chi connectivity index (χ1v) is 19.5. The number of rotatable bonds is 5. The molecule has 4 aromatic heterocycles. The molecule has 0 aliphatic heterocycles.